The Morgan fingerprint density at radius 1 is 1.31 bits per heavy atom. The Morgan fingerprint density at radius 3 is 2.31 bits per heavy atom. The van der Waals surface area contributed by atoms with E-state index in [9.17, 15) is 9.59 Å². The Balaban J connectivity index is 2.68. The molecule has 1 aromatic rings. The molecule has 4 heteroatoms. The van der Waals surface area contributed by atoms with Crippen LogP contribution < -0.4 is 5.32 Å². The topological polar surface area (TPSA) is 66.4 Å². The highest BCUT2D eigenvalue weighted by Gasteiger charge is 2.11. The van der Waals surface area contributed by atoms with E-state index in [-0.39, 0.29) is 17.4 Å². The standard InChI is InChI=1S/C12H15NO3/c1-8(11(14)13-2)7-9-3-5-10(6-4-9)12(15)16/h3-6,8H,7H2,1-2H3,(H,13,14)(H,15,16)/t8-/m0/s1. The molecule has 0 radical (unpaired) electrons. The molecule has 0 spiro atoms. The predicted molar refractivity (Wildman–Crippen MR) is 60.3 cm³/mol. The van der Waals surface area contributed by atoms with Gasteiger partial charge in [-0.05, 0) is 24.1 Å². The monoisotopic (exact) mass is 221 g/mol. The zero-order valence-corrected chi connectivity index (χ0v) is 9.36. The van der Waals surface area contributed by atoms with Crippen molar-refractivity contribution in [2.24, 2.45) is 5.92 Å². The Morgan fingerprint density at radius 2 is 1.88 bits per heavy atom. The molecule has 0 aliphatic heterocycles. The summed E-state index contributed by atoms with van der Waals surface area (Å²) in [6, 6.07) is 6.58. The molecule has 1 aromatic carbocycles. The Kier molecular flexibility index (Phi) is 4.05. The number of aromatic carboxylic acids is 1. The number of carboxylic acids is 1. The molecular formula is C12H15NO3. The van der Waals surface area contributed by atoms with Crippen molar-refractivity contribution in [2.75, 3.05) is 7.05 Å². The van der Waals surface area contributed by atoms with Crippen molar-refractivity contribution in [3.05, 3.63) is 35.4 Å². The highest BCUT2D eigenvalue weighted by Crippen LogP contribution is 2.10. The fourth-order valence-electron chi connectivity index (χ4n) is 1.48. The summed E-state index contributed by atoms with van der Waals surface area (Å²) in [6.07, 6.45) is 0.611. The second-order valence-corrected chi connectivity index (χ2v) is 3.72. The maximum absolute atomic E-state index is 11.3. The van der Waals surface area contributed by atoms with E-state index in [0.717, 1.165) is 5.56 Å². The molecule has 0 aromatic heterocycles. The van der Waals surface area contributed by atoms with Crippen molar-refractivity contribution < 1.29 is 14.7 Å². The number of carbonyl (C=O) groups is 2. The quantitative estimate of drug-likeness (QED) is 0.805. The lowest BCUT2D eigenvalue weighted by atomic mass is 9.99. The molecule has 0 unspecified atom stereocenters. The van der Waals surface area contributed by atoms with Gasteiger partial charge in [0.05, 0.1) is 5.56 Å². The van der Waals surface area contributed by atoms with Gasteiger partial charge in [0.2, 0.25) is 5.91 Å². The van der Waals surface area contributed by atoms with Gasteiger partial charge in [-0.1, -0.05) is 19.1 Å². The van der Waals surface area contributed by atoms with Crippen LogP contribution >= 0.6 is 0 Å². The van der Waals surface area contributed by atoms with E-state index < -0.39 is 5.97 Å². The molecule has 16 heavy (non-hydrogen) atoms. The van der Waals surface area contributed by atoms with Crippen LogP contribution in [0.3, 0.4) is 0 Å². The Labute approximate surface area is 94.3 Å². The molecule has 2 N–H and O–H groups in total. The second kappa shape index (κ2) is 5.30. The van der Waals surface area contributed by atoms with Crippen molar-refractivity contribution in [3.8, 4) is 0 Å². The van der Waals surface area contributed by atoms with Gasteiger partial charge in [-0.25, -0.2) is 4.79 Å². The lowest BCUT2D eigenvalue weighted by molar-refractivity contribution is -0.123. The van der Waals surface area contributed by atoms with Crippen LogP contribution in [0.2, 0.25) is 0 Å². The van der Waals surface area contributed by atoms with Gasteiger partial charge in [-0.15, -0.1) is 0 Å². The van der Waals surface area contributed by atoms with E-state index >= 15 is 0 Å². The van der Waals surface area contributed by atoms with Gasteiger partial charge in [0.25, 0.3) is 0 Å². The lowest BCUT2D eigenvalue weighted by Gasteiger charge is -2.09. The average Bonchev–Trinajstić information content (AvgIpc) is 2.28. The third-order valence-corrected chi connectivity index (χ3v) is 2.44. The molecule has 1 amide bonds. The van der Waals surface area contributed by atoms with Crippen molar-refractivity contribution >= 4 is 11.9 Å². The van der Waals surface area contributed by atoms with E-state index in [2.05, 4.69) is 5.32 Å². The highest BCUT2D eigenvalue weighted by molar-refractivity contribution is 5.87. The van der Waals surface area contributed by atoms with Gasteiger partial charge in [0.1, 0.15) is 0 Å². The number of hydrogen-bond donors (Lipinski definition) is 2. The summed E-state index contributed by atoms with van der Waals surface area (Å²) in [6.45, 7) is 1.84. The van der Waals surface area contributed by atoms with Crippen molar-refractivity contribution in [3.63, 3.8) is 0 Å². The molecule has 1 rings (SSSR count). The zero-order chi connectivity index (χ0) is 12.1. The van der Waals surface area contributed by atoms with Crippen LogP contribution in [0, 0.1) is 5.92 Å². The number of nitrogens with one attached hydrogen (secondary N) is 1. The van der Waals surface area contributed by atoms with Crippen LogP contribution in [-0.4, -0.2) is 24.0 Å². The molecule has 0 aliphatic carbocycles. The zero-order valence-electron chi connectivity index (χ0n) is 9.36. The first-order valence-electron chi connectivity index (χ1n) is 5.08. The van der Waals surface area contributed by atoms with Gasteiger partial charge < -0.3 is 10.4 Å². The van der Waals surface area contributed by atoms with E-state index in [0.29, 0.717) is 6.42 Å². The number of hydrogen-bond acceptors (Lipinski definition) is 2. The summed E-state index contributed by atoms with van der Waals surface area (Å²) in [7, 11) is 1.60. The van der Waals surface area contributed by atoms with Gasteiger partial charge in [-0.2, -0.15) is 0 Å². The maximum atomic E-state index is 11.3. The van der Waals surface area contributed by atoms with Gasteiger partial charge in [0.15, 0.2) is 0 Å². The molecule has 1 atom stereocenters. The summed E-state index contributed by atoms with van der Waals surface area (Å²) >= 11 is 0. The number of carbonyl (C=O) groups excluding carboxylic acids is 1. The van der Waals surface area contributed by atoms with Crippen molar-refractivity contribution in [1.29, 1.82) is 0 Å². The van der Waals surface area contributed by atoms with Crippen LogP contribution in [0.4, 0.5) is 0 Å². The Bertz CT molecular complexity index is 384. The van der Waals surface area contributed by atoms with Crippen molar-refractivity contribution in [1.82, 2.24) is 5.32 Å². The minimum Gasteiger partial charge on any atom is -0.478 e. The first-order chi connectivity index (χ1) is 7.54. The predicted octanol–water partition coefficient (Wildman–Crippen LogP) is 1.31. The molecule has 0 saturated heterocycles. The molecular weight excluding hydrogens is 206 g/mol. The van der Waals surface area contributed by atoms with E-state index in [4.69, 9.17) is 5.11 Å². The number of benzene rings is 1. The summed E-state index contributed by atoms with van der Waals surface area (Å²) in [5.41, 5.74) is 1.22. The number of amides is 1. The molecule has 4 nitrogen and oxygen atoms in total. The van der Waals surface area contributed by atoms with Gasteiger partial charge in [0, 0.05) is 13.0 Å². The number of carboxylic acid groups (broad SMARTS) is 1. The van der Waals surface area contributed by atoms with Crippen LogP contribution in [0.5, 0.6) is 0 Å². The third-order valence-electron chi connectivity index (χ3n) is 2.44. The third kappa shape index (κ3) is 3.08. The van der Waals surface area contributed by atoms with Gasteiger partial charge >= 0.3 is 5.97 Å². The van der Waals surface area contributed by atoms with Crippen LogP contribution in [0.15, 0.2) is 24.3 Å². The molecule has 0 saturated carbocycles. The second-order valence-electron chi connectivity index (χ2n) is 3.72. The summed E-state index contributed by atoms with van der Waals surface area (Å²) in [5.74, 6) is -1.06. The normalized spacial score (nSPS) is 11.9. The summed E-state index contributed by atoms with van der Waals surface area (Å²) < 4.78 is 0. The first-order valence-corrected chi connectivity index (χ1v) is 5.08. The van der Waals surface area contributed by atoms with Crippen LogP contribution in [0.25, 0.3) is 0 Å². The van der Waals surface area contributed by atoms with Crippen molar-refractivity contribution in [2.45, 2.75) is 13.3 Å². The fraction of sp³-hybridized carbons (Fsp3) is 0.333. The number of rotatable bonds is 4. The SMILES string of the molecule is CNC(=O)[C@@H](C)Cc1ccc(C(=O)O)cc1. The van der Waals surface area contributed by atoms with E-state index in [1.54, 1.807) is 31.3 Å². The van der Waals surface area contributed by atoms with Gasteiger partial charge in [-0.3, -0.25) is 4.79 Å². The van der Waals surface area contributed by atoms with Crippen LogP contribution in [-0.2, 0) is 11.2 Å². The maximum Gasteiger partial charge on any atom is 0.335 e. The largest absolute Gasteiger partial charge is 0.478 e. The van der Waals surface area contributed by atoms with E-state index in [1.807, 2.05) is 6.92 Å². The molecule has 0 fully saturated rings. The minimum absolute atomic E-state index is 0.0117. The summed E-state index contributed by atoms with van der Waals surface area (Å²) in [4.78, 5) is 21.9. The summed E-state index contributed by atoms with van der Waals surface area (Å²) in [5, 5.41) is 11.3. The van der Waals surface area contributed by atoms with E-state index in [1.165, 1.54) is 0 Å². The molecule has 0 heterocycles. The molecule has 0 bridgehead atoms. The van der Waals surface area contributed by atoms with Crippen LogP contribution in [0.1, 0.15) is 22.8 Å². The lowest BCUT2D eigenvalue weighted by Crippen LogP contribution is -2.26. The minimum atomic E-state index is -0.939. The molecule has 0 aliphatic rings. The Hall–Kier alpha value is -1.84. The average molecular weight is 221 g/mol. The highest BCUT2D eigenvalue weighted by atomic mass is 16.4. The molecule has 86 valence electrons. The first kappa shape index (κ1) is 12.2. The smallest absolute Gasteiger partial charge is 0.335 e. The fourth-order valence-corrected chi connectivity index (χ4v) is 1.48.